The molecular weight excluding hydrogens is 346 g/mol. The van der Waals surface area contributed by atoms with E-state index in [0.717, 1.165) is 10.0 Å². The second-order valence-electron chi connectivity index (χ2n) is 4.16. The van der Waals surface area contributed by atoms with Crippen LogP contribution in [0.2, 0.25) is 0 Å². The van der Waals surface area contributed by atoms with Crippen molar-refractivity contribution in [3.05, 3.63) is 52.2 Å². The lowest BCUT2D eigenvalue weighted by Crippen LogP contribution is -2.26. The van der Waals surface area contributed by atoms with Crippen LogP contribution in [0.15, 0.2) is 50.4 Å². The molecule has 1 aromatic heterocycles. The molecule has 0 saturated carbocycles. The molecule has 0 atom stereocenters. The Kier molecular flexibility index (Phi) is 4.42. The highest BCUT2D eigenvalue weighted by atomic mass is 79.9. The fourth-order valence-corrected chi connectivity index (χ4v) is 2.95. The van der Waals surface area contributed by atoms with Gasteiger partial charge >= 0.3 is 0 Å². The van der Waals surface area contributed by atoms with Gasteiger partial charge in [0.2, 0.25) is 5.09 Å². The van der Waals surface area contributed by atoms with Crippen LogP contribution in [-0.4, -0.2) is 26.1 Å². The van der Waals surface area contributed by atoms with E-state index in [4.69, 9.17) is 4.42 Å². The van der Waals surface area contributed by atoms with E-state index in [-0.39, 0.29) is 17.4 Å². The van der Waals surface area contributed by atoms with Crippen molar-refractivity contribution >= 4 is 32.2 Å². The number of hydrogen-bond donors (Lipinski definition) is 0. The van der Waals surface area contributed by atoms with Gasteiger partial charge in [0.1, 0.15) is 0 Å². The highest BCUT2D eigenvalue weighted by molar-refractivity contribution is 9.10. The minimum absolute atomic E-state index is 0.0133. The Morgan fingerprint density at radius 1 is 1.20 bits per heavy atom. The van der Waals surface area contributed by atoms with Gasteiger partial charge in [-0.3, -0.25) is 4.79 Å². The average molecular weight is 358 g/mol. The summed E-state index contributed by atoms with van der Waals surface area (Å²) in [5, 5.41) is -0.237. The summed E-state index contributed by atoms with van der Waals surface area (Å²) in [5.41, 5.74) is 0.849. The van der Waals surface area contributed by atoms with Crippen molar-refractivity contribution < 1.29 is 17.6 Å². The third-order valence-corrected chi connectivity index (χ3v) is 4.91. The summed E-state index contributed by atoms with van der Waals surface area (Å²) in [5.74, 6) is -0.0133. The van der Waals surface area contributed by atoms with Gasteiger partial charge in [0, 0.05) is 18.1 Å². The molecule has 1 aromatic carbocycles. The van der Waals surface area contributed by atoms with Crippen LogP contribution < -0.4 is 0 Å². The van der Waals surface area contributed by atoms with E-state index in [0.29, 0.717) is 6.29 Å². The third-order valence-electron chi connectivity index (χ3n) is 2.70. The zero-order valence-electron chi connectivity index (χ0n) is 10.6. The zero-order valence-corrected chi connectivity index (χ0v) is 13.0. The maximum absolute atomic E-state index is 12.2. The fraction of sp³-hybridized carbons (Fsp3) is 0.154. The largest absolute Gasteiger partial charge is 0.440 e. The van der Waals surface area contributed by atoms with E-state index >= 15 is 0 Å². The van der Waals surface area contributed by atoms with Gasteiger partial charge in [0.25, 0.3) is 10.0 Å². The molecule has 0 unspecified atom stereocenters. The molecule has 0 spiro atoms. The molecule has 5 nitrogen and oxygen atoms in total. The first kappa shape index (κ1) is 15.0. The van der Waals surface area contributed by atoms with Gasteiger partial charge in [0.15, 0.2) is 12.0 Å². The Hall–Kier alpha value is -1.44. The number of furan rings is 1. The van der Waals surface area contributed by atoms with Crippen LogP contribution in [0.25, 0.3) is 0 Å². The Bertz CT molecular complexity index is 706. The van der Waals surface area contributed by atoms with Gasteiger partial charge in [-0.25, -0.2) is 8.42 Å². The zero-order chi connectivity index (χ0) is 14.8. The van der Waals surface area contributed by atoms with Gasteiger partial charge in [-0.2, -0.15) is 4.31 Å². The smallest absolute Gasteiger partial charge is 0.276 e. The molecule has 0 aliphatic carbocycles. The number of benzene rings is 1. The van der Waals surface area contributed by atoms with Crippen molar-refractivity contribution in [2.24, 2.45) is 0 Å². The number of rotatable bonds is 5. The molecule has 0 aliphatic rings. The first-order chi connectivity index (χ1) is 9.43. The fourth-order valence-electron chi connectivity index (χ4n) is 1.62. The first-order valence-electron chi connectivity index (χ1n) is 5.69. The molecular formula is C13H12BrNO4S. The van der Waals surface area contributed by atoms with Crippen molar-refractivity contribution in [3.63, 3.8) is 0 Å². The maximum Gasteiger partial charge on any atom is 0.276 e. The minimum Gasteiger partial charge on any atom is -0.440 e. The van der Waals surface area contributed by atoms with Gasteiger partial charge in [0.05, 0.1) is 0 Å². The Morgan fingerprint density at radius 2 is 1.85 bits per heavy atom. The third kappa shape index (κ3) is 3.17. The average Bonchev–Trinajstić information content (AvgIpc) is 2.90. The monoisotopic (exact) mass is 357 g/mol. The molecule has 0 saturated heterocycles. The lowest BCUT2D eigenvalue weighted by molar-refractivity contribution is 0.109. The van der Waals surface area contributed by atoms with Gasteiger partial charge in [-0.15, -0.1) is 0 Å². The highest BCUT2D eigenvalue weighted by Crippen LogP contribution is 2.19. The summed E-state index contributed by atoms with van der Waals surface area (Å²) in [4.78, 5) is 10.5. The first-order valence-corrected chi connectivity index (χ1v) is 7.92. The van der Waals surface area contributed by atoms with Crippen molar-refractivity contribution in [3.8, 4) is 0 Å². The molecule has 0 aliphatic heterocycles. The van der Waals surface area contributed by atoms with Crippen LogP contribution in [0.1, 0.15) is 16.1 Å². The Morgan fingerprint density at radius 3 is 2.40 bits per heavy atom. The van der Waals surface area contributed by atoms with E-state index in [2.05, 4.69) is 15.9 Å². The number of sulfonamides is 1. The van der Waals surface area contributed by atoms with Crippen LogP contribution in [0.5, 0.6) is 0 Å². The van der Waals surface area contributed by atoms with Crippen LogP contribution in [0.4, 0.5) is 0 Å². The molecule has 1 heterocycles. The van der Waals surface area contributed by atoms with E-state index in [1.165, 1.54) is 23.5 Å². The summed E-state index contributed by atoms with van der Waals surface area (Å²) < 4.78 is 31.5. The predicted octanol–water partition coefficient (Wildman–Crippen LogP) is 2.68. The van der Waals surface area contributed by atoms with Crippen LogP contribution in [-0.2, 0) is 16.6 Å². The van der Waals surface area contributed by atoms with Crippen LogP contribution in [0, 0.1) is 0 Å². The topological polar surface area (TPSA) is 67.6 Å². The summed E-state index contributed by atoms with van der Waals surface area (Å²) in [6, 6.07) is 9.94. The summed E-state index contributed by atoms with van der Waals surface area (Å²) in [7, 11) is -2.28. The van der Waals surface area contributed by atoms with Gasteiger partial charge < -0.3 is 4.42 Å². The number of nitrogens with zero attached hydrogens (tertiary/aromatic N) is 1. The molecule has 2 aromatic rings. The van der Waals surface area contributed by atoms with Crippen molar-refractivity contribution in [2.75, 3.05) is 7.05 Å². The standard InChI is InChI=1S/C13H12BrNO4S/c1-15(8-10-2-4-11(14)5-3-10)20(17,18)13-7-6-12(9-16)19-13/h2-7,9H,8H2,1H3. The molecule has 0 amide bonds. The molecule has 20 heavy (non-hydrogen) atoms. The molecule has 2 rings (SSSR count). The van der Waals surface area contributed by atoms with E-state index < -0.39 is 10.0 Å². The maximum atomic E-state index is 12.2. The van der Waals surface area contributed by atoms with E-state index in [1.54, 1.807) is 0 Å². The summed E-state index contributed by atoms with van der Waals surface area (Å²) >= 11 is 3.32. The van der Waals surface area contributed by atoms with Gasteiger partial charge in [-0.05, 0) is 29.8 Å². The number of halogens is 1. The molecule has 0 fully saturated rings. The summed E-state index contributed by atoms with van der Waals surface area (Å²) in [6.45, 7) is 0.215. The second kappa shape index (κ2) is 5.90. The Balaban J connectivity index is 2.20. The van der Waals surface area contributed by atoms with Crippen molar-refractivity contribution in [2.45, 2.75) is 11.6 Å². The van der Waals surface area contributed by atoms with E-state index in [1.807, 2.05) is 24.3 Å². The SMILES string of the molecule is CN(Cc1ccc(Br)cc1)S(=O)(=O)c1ccc(C=O)o1. The number of aldehydes is 1. The van der Waals surface area contributed by atoms with Gasteiger partial charge in [-0.1, -0.05) is 28.1 Å². The normalized spacial score (nSPS) is 11.8. The van der Waals surface area contributed by atoms with Crippen molar-refractivity contribution in [1.29, 1.82) is 0 Å². The van der Waals surface area contributed by atoms with Crippen LogP contribution in [0.3, 0.4) is 0 Å². The Labute approximate surface area is 125 Å². The molecule has 0 radical (unpaired) electrons. The van der Waals surface area contributed by atoms with Crippen molar-refractivity contribution in [1.82, 2.24) is 4.31 Å². The molecule has 0 bridgehead atoms. The number of carbonyl (C=O) groups is 1. The summed E-state index contributed by atoms with van der Waals surface area (Å²) in [6.07, 6.45) is 0.466. The quantitative estimate of drug-likeness (QED) is 0.771. The molecule has 106 valence electrons. The van der Waals surface area contributed by atoms with E-state index in [9.17, 15) is 13.2 Å². The number of hydrogen-bond acceptors (Lipinski definition) is 4. The lowest BCUT2D eigenvalue weighted by atomic mass is 10.2. The predicted molar refractivity (Wildman–Crippen MR) is 76.9 cm³/mol. The van der Waals surface area contributed by atoms with Crippen LogP contribution >= 0.6 is 15.9 Å². The number of carbonyl (C=O) groups excluding carboxylic acids is 1. The highest BCUT2D eigenvalue weighted by Gasteiger charge is 2.24. The molecule has 0 N–H and O–H groups in total. The second-order valence-corrected chi connectivity index (χ2v) is 7.05. The minimum atomic E-state index is -3.74. The lowest BCUT2D eigenvalue weighted by Gasteiger charge is -2.15. The molecule has 7 heteroatoms.